The molecule has 2 rings (SSSR count). The standard InChI is InChI=1S/C13H14F3N3O2S2/c1-23(20,21)11(7-17)6-10-8-18-12(22-10)19-4-2-9(3-5-19)13(14,15)16/h6,8-9H,2-5H2,1H3. The number of aromatic nitrogens is 1. The highest BCUT2D eigenvalue weighted by molar-refractivity contribution is 7.95. The van der Waals surface area contributed by atoms with Crippen LogP contribution in [0.15, 0.2) is 11.1 Å². The third-order valence-corrected chi connectivity index (χ3v) is 5.54. The lowest BCUT2D eigenvalue weighted by Gasteiger charge is -2.32. The summed E-state index contributed by atoms with van der Waals surface area (Å²) >= 11 is 1.15. The maximum absolute atomic E-state index is 12.6. The Balaban J connectivity index is 2.10. The van der Waals surface area contributed by atoms with Gasteiger partial charge in [0.05, 0.1) is 10.8 Å². The van der Waals surface area contributed by atoms with E-state index in [9.17, 15) is 21.6 Å². The summed E-state index contributed by atoms with van der Waals surface area (Å²) < 4.78 is 60.7. The molecule has 1 fully saturated rings. The van der Waals surface area contributed by atoms with Crippen LogP contribution in [0.4, 0.5) is 18.3 Å². The van der Waals surface area contributed by atoms with Crippen molar-refractivity contribution in [2.24, 2.45) is 5.92 Å². The fourth-order valence-corrected chi connectivity index (χ4v) is 3.73. The Hall–Kier alpha value is -1.60. The van der Waals surface area contributed by atoms with Crippen LogP contribution in [0.5, 0.6) is 0 Å². The van der Waals surface area contributed by atoms with E-state index in [2.05, 4.69) is 4.98 Å². The number of halogens is 3. The second-order valence-corrected chi connectivity index (χ2v) is 8.27. The molecule has 0 aliphatic carbocycles. The largest absolute Gasteiger partial charge is 0.391 e. The molecule has 0 atom stereocenters. The molecule has 0 N–H and O–H groups in total. The third kappa shape index (κ3) is 4.45. The lowest BCUT2D eigenvalue weighted by Crippen LogP contribution is -2.38. The van der Waals surface area contributed by atoms with Crippen LogP contribution >= 0.6 is 11.3 Å². The number of nitriles is 1. The van der Waals surface area contributed by atoms with Gasteiger partial charge in [-0.1, -0.05) is 11.3 Å². The van der Waals surface area contributed by atoms with Crippen molar-refractivity contribution < 1.29 is 21.6 Å². The van der Waals surface area contributed by atoms with Gasteiger partial charge in [-0.15, -0.1) is 0 Å². The zero-order valence-electron chi connectivity index (χ0n) is 12.2. The van der Waals surface area contributed by atoms with Gasteiger partial charge in [0.2, 0.25) is 0 Å². The second kappa shape index (κ2) is 6.49. The highest BCUT2D eigenvalue weighted by atomic mass is 32.2. The number of nitrogens with zero attached hydrogens (tertiary/aromatic N) is 3. The van der Waals surface area contributed by atoms with Crippen LogP contribution in [0, 0.1) is 17.2 Å². The summed E-state index contributed by atoms with van der Waals surface area (Å²) in [5, 5.41) is 9.38. The van der Waals surface area contributed by atoms with Crippen molar-refractivity contribution in [3.63, 3.8) is 0 Å². The van der Waals surface area contributed by atoms with Crippen LogP contribution in [-0.2, 0) is 9.84 Å². The van der Waals surface area contributed by atoms with Gasteiger partial charge < -0.3 is 4.90 Å². The summed E-state index contributed by atoms with van der Waals surface area (Å²) in [6, 6.07) is 1.62. The van der Waals surface area contributed by atoms with Gasteiger partial charge in [-0.25, -0.2) is 13.4 Å². The number of thiazole rings is 1. The molecule has 1 saturated heterocycles. The molecule has 1 aliphatic heterocycles. The van der Waals surface area contributed by atoms with E-state index in [-0.39, 0.29) is 30.8 Å². The first kappa shape index (κ1) is 17.7. The van der Waals surface area contributed by atoms with Gasteiger partial charge in [0.15, 0.2) is 15.0 Å². The van der Waals surface area contributed by atoms with Gasteiger partial charge in [-0.3, -0.25) is 0 Å². The van der Waals surface area contributed by atoms with Gasteiger partial charge in [0.25, 0.3) is 0 Å². The van der Waals surface area contributed by atoms with E-state index < -0.39 is 21.9 Å². The highest BCUT2D eigenvalue weighted by Gasteiger charge is 2.41. The molecule has 0 bridgehead atoms. The topological polar surface area (TPSA) is 74.1 Å². The molecule has 1 aromatic rings. The molecule has 126 valence electrons. The molecule has 0 unspecified atom stereocenters. The molecule has 23 heavy (non-hydrogen) atoms. The summed E-state index contributed by atoms with van der Waals surface area (Å²) in [5.41, 5.74) is 0. The first-order chi connectivity index (χ1) is 10.6. The minimum Gasteiger partial charge on any atom is -0.348 e. The SMILES string of the molecule is CS(=O)(=O)C(C#N)=Cc1cnc(N2CCC(C(F)(F)F)CC2)s1. The molecule has 0 radical (unpaired) electrons. The molecule has 10 heteroatoms. The molecule has 0 amide bonds. The average molecular weight is 365 g/mol. The Morgan fingerprint density at radius 3 is 2.57 bits per heavy atom. The Bertz CT molecular complexity index is 739. The molecule has 2 heterocycles. The van der Waals surface area contributed by atoms with E-state index in [1.807, 2.05) is 0 Å². The van der Waals surface area contributed by atoms with Gasteiger partial charge in [-0.2, -0.15) is 18.4 Å². The first-order valence-corrected chi connectivity index (χ1v) is 9.41. The number of rotatable bonds is 3. The molecule has 1 aromatic heterocycles. The molecule has 0 aromatic carbocycles. The van der Waals surface area contributed by atoms with E-state index in [4.69, 9.17) is 5.26 Å². The molecule has 5 nitrogen and oxygen atoms in total. The van der Waals surface area contributed by atoms with Crippen molar-refractivity contribution in [1.29, 1.82) is 5.26 Å². The maximum atomic E-state index is 12.6. The Kier molecular flexibility index (Phi) is 5.01. The van der Waals surface area contributed by atoms with Crippen LogP contribution in [0.2, 0.25) is 0 Å². The summed E-state index contributed by atoms with van der Waals surface area (Å²) in [4.78, 5) is 5.96. The number of allylic oxidation sites excluding steroid dienone is 1. The van der Waals surface area contributed by atoms with Crippen LogP contribution in [0.3, 0.4) is 0 Å². The van der Waals surface area contributed by atoms with E-state index in [0.29, 0.717) is 10.0 Å². The van der Waals surface area contributed by atoms with E-state index in [1.54, 1.807) is 11.0 Å². The molecular weight excluding hydrogens is 351 g/mol. The number of sulfone groups is 1. The summed E-state index contributed by atoms with van der Waals surface area (Å²) in [6.07, 6.45) is -0.564. The van der Waals surface area contributed by atoms with Crippen LogP contribution in [-0.4, -0.2) is 38.9 Å². The minimum absolute atomic E-state index is 0.0149. The van der Waals surface area contributed by atoms with Crippen molar-refractivity contribution in [2.75, 3.05) is 24.2 Å². The van der Waals surface area contributed by atoms with Crippen molar-refractivity contribution >= 4 is 32.4 Å². The predicted molar refractivity (Wildman–Crippen MR) is 81.5 cm³/mol. The number of alkyl halides is 3. The smallest absolute Gasteiger partial charge is 0.348 e. The van der Waals surface area contributed by atoms with Crippen molar-refractivity contribution in [3.8, 4) is 6.07 Å². The summed E-state index contributed by atoms with van der Waals surface area (Å²) in [6.45, 7) is 0.496. The molecular formula is C13H14F3N3O2S2. The van der Waals surface area contributed by atoms with Gasteiger partial charge in [-0.05, 0) is 18.9 Å². The van der Waals surface area contributed by atoms with Crippen molar-refractivity contribution in [2.45, 2.75) is 19.0 Å². The highest BCUT2D eigenvalue weighted by Crippen LogP contribution is 2.36. The Morgan fingerprint density at radius 2 is 2.09 bits per heavy atom. The fourth-order valence-electron chi connectivity index (χ4n) is 2.24. The van der Waals surface area contributed by atoms with Crippen molar-refractivity contribution in [3.05, 3.63) is 16.0 Å². The zero-order valence-corrected chi connectivity index (χ0v) is 13.8. The summed E-state index contributed by atoms with van der Waals surface area (Å²) in [7, 11) is -3.61. The number of hydrogen-bond acceptors (Lipinski definition) is 6. The zero-order chi connectivity index (χ0) is 17.3. The van der Waals surface area contributed by atoms with Crippen LogP contribution in [0.1, 0.15) is 17.7 Å². The van der Waals surface area contributed by atoms with E-state index in [0.717, 1.165) is 17.6 Å². The lowest BCUT2D eigenvalue weighted by atomic mass is 9.97. The lowest BCUT2D eigenvalue weighted by molar-refractivity contribution is -0.179. The Labute approximate surface area is 136 Å². The number of anilines is 1. The van der Waals surface area contributed by atoms with Crippen molar-refractivity contribution in [1.82, 2.24) is 4.98 Å². The van der Waals surface area contributed by atoms with E-state index >= 15 is 0 Å². The molecule has 0 spiro atoms. The molecule has 1 aliphatic rings. The predicted octanol–water partition coefficient (Wildman–Crippen LogP) is 2.83. The quantitative estimate of drug-likeness (QED) is 0.770. The third-order valence-electron chi connectivity index (χ3n) is 3.52. The first-order valence-electron chi connectivity index (χ1n) is 6.70. The minimum atomic E-state index is -4.17. The molecule has 0 saturated carbocycles. The monoisotopic (exact) mass is 365 g/mol. The Morgan fingerprint density at radius 1 is 1.48 bits per heavy atom. The van der Waals surface area contributed by atoms with Gasteiger partial charge in [0, 0.05) is 25.5 Å². The maximum Gasteiger partial charge on any atom is 0.391 e. The van der Waals surface area contributed by atoms with E-state index in [1.165, 1.54) is 12.3 Å². The van der Waals surface area contributed by atoms with Crippen LogP contribution in [0.25, 0.3) is 6.08 Å². The average Bonchev–Trinajstić information content (AvgIpc) is 2.91. The normalized spacial score (nSPS) is 18.0. The van der Waals surface area contributed by atoms with Crippen LogP contribution < -0.4 is 4.90 Å². The summed E-state index contributed by atoms with van der Waals surface area (Å²) in [5.74, 6) is -1.28. The van der Waals surface area contributed by atoms with Gasteiger partial charge >= 0.3 is 6.18 Å². The number of hydrogen-bond donors (Lipinski definition) is 0. The van der Waals surface area contributed by atoms with Gasteiger partial charge in [0.1, 0.15) is 11.0 Å². The second-order valence-electron chi connectivity index (χ2n) is 5.24. The number of piperidine rings is 1. The fraction of sp³-hybridized carbons (Fsp3) is 0.538.